The summed E-state index contributed by atoms with van der Waals surface area (Å²) < 4.78 is 0. The summed E-state index contributed by atoms with van der Waals surface area (Å²) in [6.07, 6.45) is 5.78. The summed E-state index contributed by atoms with van der Waals surface area (Å²) in [5.74, 6) is 0.655. The highest BCUT2D eigenvalue weighted by Gasteiger charge is 2.19. The summed E-state index contributed by atoms with van der Waals surface area (Å²) in [5, 5.41) is 0.354. The van der Waals surface area contributed by atoms with Gasteiger partial charge in [0.1, 0.15) is 0 Å². The molecule has 0 saturated carbocycles. The lowest BCUT2D eigenvalue weighted by molar-refractivity contribution is 0.307. The zero-order valence-electron chi connectivity index (χ0n) is 11.7. The molecule has 0 aromatic carbocycles. The SMILES string of the molecule is CC1CC(Cl)CC=C1CN(C)CCCN(C)C. The zero-order chi connectivity index (χ0) is 12.8. The zero-order valence-corrected chi connectivity index (χ0v) is 12.5. The molecule has 0 fully saturated rings. The van der Waals surface area contributed by atoms with Crippen molar-refractivity contribution in [2.24, 2.45) is 5.92 Å². The van der Waals surface area contributed by atoms with E-state index in [1.54, 1.807) is 5.57 Å². The minimum absolute atomic E-state index is 0.354. The molecule has 0 spiro atoms. The van der Waals surface area contributed by atoms with Gasteiger partial charge in [-0.3, -0.25) is 0 Å². The first-order chi connectivity index (χ1) is 7.99. The van der Waals surface area contributed by atoms with Gasteiger partial charge in [-0.2, -0.15) is 0 Å². The number of allylic oxidation sites excluding steroid dienone is 1. The first kappa shape index (κ1) is 15.0. The second-order valence-electron chi connectivity index (χ2n) is 5.64. The molecule has 2 unspecified atom stereocenters. The van der Waals surface area contributed by atoms with Crippen molar-refractivity contribution in [1.29, 1.82) is 0 Å². The molecule has 17 heavy (non-hydrogen) atoms. The summed E-state index contributed by atoms with van der Waals surface area (Å²) >= 11 is 6.17. The molecule has 0 saturated heterocycles. The Balaban J connectivity index is 2.28. The number of halogens is 1. The molecule has 0 aromatic heterocycles. The van der Waals surface area contributed by atoms with Gasteiger partial charge in [-0.15, -0.1) is 11.6 Å². The molecule has 0 N–H and O–H groups in total. The molecular weight excluding hydrogens is 232 g/mol. The van der Waals surface area contributed by atoms with Crippen LogP contribution in [0.25, 0.3) is 0 Å². The maximum Gasteiger partial charge on any atom is 0.0376 e. The van der Waals surface area contributed by atoms with E-state index in [4.69, 9.17) is 11.6 Å². The second kappa shape index (κ2) is 7.40. The van der Waals surface area contributed by atoms with E-state index in [1.807, 2.05) is 0 Å². The molecule has 0 bridgehead atoms. The van der Waals surface area contributed by atoms with E-state index in [0.717, 1.165) is 19.4 Å². The van der Waals surface area contributed by atoms with Crippen molar-refractivity contribution < 1.29 is 0 Å². The van der Waals surface area contributed by atoms with Crippen LogP contribution < -0.4 is 0 Å². The molecule has 100 valence electrons. The van der Waals surface area contributed by atoms with E-state index < -0.39 is 0 Å². The predicted octanol–water partition coefficient (Wildman–Crippen LogP) is 2.83. The Morgan fingerprint density at radius 3 is 2.59 bits per heavy atom. The van der Waals surface area contributed by atoms with Crippen molar-refractivity contribution in [3.8, 4) is 0 Å². The number of rotatable bonds is 6. The summed E-state index contributed by atoms with van der Waals surface area (Å²) in [5.41, 5.74) is 1.58. The third-order valence-corrected chi connectivity index (χ3v) is 3.83. The largest absolute Gasteiger partial charge is 0.309 e. The Labute approximate surface area is 112 Å². The van der Waals surface area contributed by atoms with E-state index in [1.165, 1.54) is 19.5 Å². The molecule has 2 atom stereocenters. The summed E-state index contributed by atoms with van der Waals surface area (Å²) in [7, 11) is 6.48. The minimum Gasteiger partial charge on any atom is -0.309 e. The maximum absolute atomic E-state index is 6.17. The van der Waals surface area contributed by atoms with E-state index in [0.29, 0.717) is 11.3 Å². The minimum atomic E-state index is 0.354. The van der Waals surface area contributed by atoms with Gasteiger partial charge < -0.3 is 9.80 Å². The quantitative estimate of drug-likeness (QED) is 0.534. The number of hydrogen-bond acceptors (Lipinski definition) is 2. The highest BCUT2D eigenvalue weighted by Crippen LogP contribution is 2.28. The van der Waals surface area contributed by atoms with Gasteiger partial charge in [0.15, 0.2) is 0 Å². The Morgan fingerprint density at radius 1 is 1.29 bits per heavy atom. The molecule has 3 heteroatoms. The average molecular weight is 259 g/mol. The van der Waals surface area contributed by atoms with Crippen molar-refractivity contribution in [2.45, 2.75) is 31.6 Å². The first-order valence-electron chi connectivity index (χ1n) is 6.65. The van der Waals surface area contributed by atoms with Gasteiger partial charge in [0.2, 0.25) is 0 Å². The number of nitrogens with zero attached hydrogens (tertiary/aromatic N) is 2. The van der Waals surface area contributed by atoms with Gasteiger partial charge in [0.05, 0.1) is 0 Å². The van der Waals surface area contributed by atoms with E-state index in [2.05, 4.69) is 43.9 Å². The summed E-state index contributed by atoms with van der Waals surface area (Å²) in [6.45, 7) is 5.75. The molecule has 0 aromatic rings. The molecule has 1 aliphatic rings. The molecule has 0 amide bonds. The average Bonchev–Trinajstić information content (AvgIpc) is 2.21. The van der Waals surface area contributed by atoms with Crippen molar-refractivity contribution in [1.82, 2.24) is 9.80 Å². The van der Waals surface area contributed by atoms with E-state index in [-0.39, 0.29) is 0 Å². The lowest BCUT2D eigenvalue weighted by Gasteiger charge is -2.28. The van der Waals surface area contributed by atoms with E-state index in [9.17, 15) is 0 Å². The third-order valence-electron chi connectivity index (χ3n) is 3.48. The first-order valence-corrected chi connectivity index (χ1v) is 7.09. The maximum atomic E-state index is 6.17. The molecule has 0 radical (unpaired) electrons. The van der Waals surface area contributed by atoms with Crippen LogP contribution in [0.1, 0.15) is 26.2 Å². The Kier molecular flexibility index (Phi) is 6.53. The van der Waals surface area contributed by atoms with Gasteiger partial charge >= 0.3 is 0 Å². The third kappa shape index (κ3) is 5.89. The molecule has 2 nitrogen and oxygen atoms in total. The monoisotopic (exact) mass is 258 g/mol. The molecule has 1 aliphatic carbocycles. The Morgan fingerprint density at radius 2 is 2.00 bits per heavy atom. The lowest BCUT2D eigenvalue weighted by Crippen LogP contribution is -2.28. The molecule has 0 aliphatic heterocycles. The standard InChI is InChI=1S/C14H27ClN2/c1-12-10-14(15)7-6-13(12)11-17(4)9-5-8-16(2)3/h6,12,14H,5,7-11H2,1-4H3. The van der Waals surface area contributed by atoms with Crippen LogP contribution in [0.15, 0.2) is 11.6 Å². The van der Waals surface area contributed by atoms with Crippen molar-refractivity contribution in [2.75, 3.05) is 40.8 Å². The number of alkyl halides is 1. The predicted molar refractivity (Wildman–Crippen MR) is 76.8 cm³/mol. The normalized spacial score (nSPS) is 25.5. The fourth-order valence-corrected chi connectivity index (χ4v) is 2.74. The highest BCUT2D eigenvalue weighted by molar-refractivity contribution is 6.20. The summed E-state index contributed by atoms with van der Waals surface area (Å²) in [4.78, 5) is 4.68. The van der Waals surface area contributed by atoms with Crippen molar-refractivity contribution in [3.05, 3.63) is 11.6 Å². The van der Waals surface area contributed by atoms with Gasteiger partial charge in [-0.05, 0) is 59.4 Å². The molecular formula is C14H27ClN2. The van der Waals surface area contributed by atoms with Gasteiger partial charge in [0.25, 0.3) is 0 Å². The lowest BCUT2D eigenvalue weighted by atomic mass is 9.88. The van der Waals surface area contributed by atoms with Crippen LogP contribution in [0.4, 0.5) is 0 Å². The molecule has 1 rings (SSSR count). The van der Waals surface area contributed by atoms with Crippen LogP contribution in [0.3, 0.4) is 0 Å². The smallest absolute Gasteiger partial charge is 0.0376 e. The van der Waals surface area contributed by atoms with Crippen molar-refractivity contribution in [3.63, 3.8) is 0 Å². The molecule has 0 heterocycles. The van der Waals surface area contributed by atoms with Crippen LogP contribution in [-0.4, -0.2) is 56.0 Å². The highest BCUT2D eigenvalue weighted by atomic mass is 35.5. The summed E-state index contributed by atoms with van der Waals surface area (Å²) in [6, 6.07) is 0. The topological polar surface area (TPSA) is 6.48 Å². The fraction of sp³-hybridized carbons (Fsp3) is 0.857. The van der Waals surface area contributed by atoms with E-state index >= 15 is 0 Å². The number of hydrogen-bond donors (Lipinski definition) is 0. The van der Waals surface area contributed by atoms with Crippen molar-refractivity contribution >= 4 is 11.6 Å². The van der Waals surface area contributed by atoms with Crippen LogP contribution in [0.5, 0.6) is 0 Å². The van der Waals surface area contributed by atoms with Gasteiger partial charge in [-0.25, -0.2) is 0 Å². The van der Waals surface area contributed by atoms with Gasteiger partial charge in [-0.1, -0.05) is 18.6 Å². The Hall–Kier alpha value is -0.0500. The van der Waals surface area contributed by atoms with Gasteiger partial charge in [0, 0.05) is 11.9 Å². The van der Waals surface area contributed by atoms with Crippen LogP contribution in [0, 0.1) is 5.92 Å². The van der Waals surface area contributed by atoms with Crippen LogP contribution in [0.2, 0.25) is 0 Å². The van der Waals surface area contributed by atoms with Crippen LogP contribution in [-0.2, 0) is 0 Å². The number of likely N-dealkylation sites (N-methyl/N-ethyl adjacent to an activating group) is 1. The Bertz CT molecular complexity index is 251. The fourth-order valence-electron chi connectivity index (χ4n) is 2.38. The second-order valence-corrected chi connectivity index (χ2v) is 6.26. The van der Waals surface area contributed by atoms with Crippen LogP contribution >= 0.6 is 11.6 Å².